The lowest BCUT2D eigenvalue weighted by atomic mass is 9.99. The van der Waals surface area contributed by atoms with E-state index in [9.17, 15) is 0 Å². The summed E-state index contributed by atoms with van der Waals surface area (Å²) in [5, 5.41) is 0. The molecule has 1 aromatic rings. The van der Waals surface area contributed by atoms with Gasteiger partial charge in [0.1, 0.15) is 0 Å². The maximum atomic E-state index is 4.36. The Labute approximate surface area is 91.5 Å². The van der Waals surface area contributed by atoms with Gasteiger partial charge in [-0.3, -0.25) is 0 Å². The van der Waals surface area contributed by atoms with Gasteiger partial charge in [0.2, 0.25) is 0 Å². The van der Waals surface area contributed by atoms with Gasteiger partial charge >= 0.3 is 0 Å². The molecule has 1 saturated heterocycles. The number of rotatable bonds is 2. The predicted octanol–water partition coefficient (Wildman–Crippen LogP) is 2.47. The second-order valence-electron chi connectivity index (χ2n) is 4.29. The van der Waals surface area contributed by atoms with Crippen molar-refractivity contribution in [2.75, 3.05) is 20.1 Å². The molecule has 0 saturated carbocycles. The van der Waals surface area contributed by atoms with Gasteiger partial charge in [-0.05, 0) is 50.0 Å². The molecule has 14 heavy (non-hydrogen) atoms. The summed E-state index contributed by atoms with van der Waals surface area (Å²) in [4.78, 5) is 3.49. The van der Waals surface area contributed by atoms with E-state index in [1.807, 2.05) is 6.07 Å². The van der Waals surface area contributed by atoms with E-state index in [0.29, 0.717) is 0 Å². The standard InChI is InChI=1S/C12H17NS/c1-13-6-5-11(9-13)7-10-3-2-4-12(14)8-10/h2-4,8,11,14H,5-7,9H2,1H3. The van der Waals surface area contributed by atoms with Crippen LogP contribution < -0.4 is 0 Å². The van der Waals surface area contributed by atoms with Crippen LogP contribution in [0.2, 0.25) is 0 Å². The molecule has 0 N–H and O–H groups in total. The van der Waals surface area contributed by atoms with Crippen LogP contribution in [0.3, 0.4) is 0 Å². The highest BCUT2D eigenvalue weighted by Crippen LogP contribution is 2.20. The topological polar surface area (TPSA) is 3.24 Å². The van der Waals surface area contributed by atoms with Crippen LogP contribution in [0.15, 0.2) is 29.2 Å². The van der Waals surface area contributed by atoms with Gasteiger partial charge in [-0.15, -0.1) is 12.6 Å². The maximum Gasteiger partial charge on any atom is 0.00427 e. The Kier molecular flexibility index (Phi) is 3.14. The van der Waals surface area contributed by atoms with E-state index in [4.69, 9.17) is 0 Å². The van der Waals surface area contributed by atoms with Crippen LogP contribution in [0.5, 0.6) is 0 Å². The molecule has 1 unspecified atom stereocenters. The Morgan fingerprint density at radius 2 is 2.36 bits per heavy atom. The average Bonchev–Trinajstić information content (AvgIpc) is 2.51. The fourth-order valence-corrected chi connectivity index (χ4v) is 2.46. The highest BCUT2D eigenvalue weighted by molar-refractivity contribution is 7.80. The summed E-state index contributed by atoms with van der Waals surface area (Å²) < 4.78 is 0. The van der Waals surface area contributed by atoms with Gasteiger partial charge in [0.15, 0.2) is 0 Å². The van der Waals surface area contributed by atoms with E-state index in [1.165, 1.54) is 31.5 Å². The average molecular weight is 207 g/mol. The summed E-state index contributed by atoms with van der Waals surface area (Å²) in [7, 11) is 2.20. The minimum absolute atomic E-state index is 0.843. The molecule has 1 fully saturated rings. The van der Waals surface area contributed by atoms with Crippen LogP contribution in [0.1, 0.15) is 12.0 Å². The van der Waals surface area contributed by atoms with Gasteiger partial charge in [-0.25, -0.2) is 0 Å². The van der Waals surface area contributed by atoms with Gasteiger partial charge in [-0.2, -0.15) is 0 Å². The number of benzene rings is 1. The van der Waals surface area contributed by atoms with Gasteiger partial charge < -0.3 is 4.90 Å². The first-order valence-electron chi connectivity index (χ1n) is 5.20. The van der Waals surface area contributed by atoms with Crippen LogP contribution in [-0.4, -0.2) is 25.0 Å². The Morgan fingerprint density at radius 3 is 3.00 bits per heavy atom. The molecule has 1 aliphatic rings. The molecule has 76 valence electrons. The quantitative estimate of drug-likeness (QED) is 0.729. The van der Waals surface area contributed by atoms with Crippen molar-refractivity contribution in [1.29, 1.82) is 0 Å². The number of hydrogen-bond donors (Lipinski definition) is 1. The first kappa shape index (κ1) is 10.1. The van der Waals surface area contributed by atoms with Crippen LogP contribution in [0.25, 0.3) is 0 Å². The van der Waals surface area contributed by atoms with Crippen molar-refractivity contribution in [2.24, 2.45) is 5.92 Å². The number of thiol groups is 1. The maximum absolute atomic E-state index is 4.36. The zero-order chi connectivity index (χ0) is 9.97. The molecule has 1 aliphatic heterocycles. The third-order valence-electron chi connectivity index (χ3n) is 2.92. The first-order chi connectivity index (χ1) is 6.74. The molecule has 0 radical (unpaired) electrons. The molecule has 0 aliphatic carbocycles. The minimum Gasteiger partial charge on any atom is -0.306 e. The summed E-state index contributed by atoms with van der Waals surface area (Å²) >= 11 is 4.36. The zero-order valence-electron chi connectivity index (χ0n) is 8.61. The lowest BCUT2D eigenvalue weighted by Crippen LogP contribution is -2.14. The molecule has 1 nitrogen and oxygen atoms in total. The normalized spacial score (nSPS) is 22.9. The lowest BCUT2D eigenvalue weighted by molar-refractivity contribution is 0.394. The van der Waals surface area contributed by atoms with Crippen molar-refractivity contribution >= 4 is 12.6 Å². The third-order valence-corrected chi connectivity index (χ3v) is 3.20. The molecule has 2 rings (SSSR count). The molecule has 0 spiro atoms. The molecule has 1 aromatic carbocycles. The lowest BCUT2D eigenvalue weighted by Gasteiger charge is -2.10. The largest absolute Gasteiger partial charge is 0.306 e. The second-order valence-corrected chi connectivity index (χ2v) is 4.81. The molecule has 0 amide bonds. The first-order valence-corrected chi connectivity index (χ1v) is 5.65. The number of nitrogens with zero attached hydrogens (tertiary/aromatic N) is 1. The van der Waals surface area contributed by atoms with Crippen molar-refractivity contribution in [1.82, 2.24) is 4.90 Å². The van der Waals surface area contributed by atoms with E-state index < -0.39 is 0 Å². The van der Waals surface area contributed by atoms with Gasteiger partial charge in [0, 0.05) is 11.4 Å². The van der Waals surface area contributed by atoms with Crippen LogP contribution in [0.4, 0.5) is 0 Å². The Balaban J connectivity index is 1.97. The summed E-state index contributed by atoms with van der Waals surface area (Å²) in [6.45, 7) is 2.50. The molecule has 0 aromatic heterocycles. The summed E-state index contributed by atoms with van der Waals surface area (Å²) in [6.07, 6.45) is 2.55. The summed E-state index contributed by atoms with van der Waals surface area (Å²) in [5.74, 6) is 0.843. The minimum atomic E-state index is 0.843. The van der Waals surface area contributed by atoms with Crippen molar-refractivity contribution in [3.05, 3.63) is 29.8 Å². The smallest absolute Gasteiger partial charge is 0.00427 e. The molecule has 0 bridgehead atoms. The van der Waals surface area contributed by atoms with Crippen molar-refractivity contribution in [3.63, 3.8) is 0 Å². The van der Waals surface area contributed by atoms with Gasteiger partial charge in [-0.1, -0.05) is 12.1 Å². The SMILES string of the molecule is CN1CCC(Cc2cccc(S)c2)C1. The van der Waals surface area contributed by atoms with Gasteiger partial charge in [0.05, 0.1) is 0 Å². The molecular weight excluding hydrogens is 190 g/mol. The Bertz CT molecular complexity index is 311. The summed E-state index contributed by atoms with van der Waals surface area (Å²) in [5.41, 5.74) is 1.43. The van der Waals surface area contributed by atoms with Crippen LogP contribution in [-0.2, 0) is 6.42 Å². The van der Waals surface area contributed by atoms with E-state index in [-0.39, 0.29) is 0 Å². The Hall–Kier alpha value is -0.470. The van der Waals surface area contributed by atoms with E-state index in [0.717, 1.165) is 10.8 Å². The van der Waals surface area contributed by atoms with Crippen LogP contribution >= 0.6 is 12.6 Å². The number of likely N-dealkylation sites (tertiary alicyclic amines) is 1. The monoisotopic (exact) mass is 207 g/mol. The van der Waals surface area contributed by atoms with Crippen LogP contribution in [0, 0.1) is 5.92 Å². The van der Waals surface area contributed by atoms with Crippen molar-refractivity contribution in [2.45, 2.75) is 17.7 Å². The van der Waals surface area contributed by atoms with Crippen molar-refractivity contribution < 1.29 is 0 Å². The second kappa shape index (κ2) is 4.37. The Morgan fingerprint density at radius 1 is 1.50 bits per heavy atom. The highest BCUT2D eigenvalue weighted by Gasteiger charge is 2.19. The fraction of sp³-hybridized carbons (Fsp3) is 0.500. The summed E-state index contributed by atoms with van der Waals surface area (Å²) in [6, 6.07) is 8.52. The molecule has 1 atom stereocenters. The molecule has 2 heteroatoms. The van der Waals surface area contributed by atoms with Gasteiger partial charge in [0.25, 0.3) is 0 Å². The van der Waals surface area contributed by atoms with E-state index in [2.05, 4.69) is 42.8 Å². The van der Waals surface area contributed by atoms with E-state index >= 15 is 0 Å². The number of hydrogen-bond acceptors (Lipinski definition) is 2. The third kappa shape index (κ3) is 2.52. The highest BCUT2D eigenvalue weighted by atomic mass is 32.1. The van der Waals surface area contributed by atoms with Crippen molar-refractivity contribution in [3.8, 4) is 0 Å². The fourth-order valence-electron chi connectivity index (χ4n) is 2.21. The van der Waals surface area contributed by atoms with E-state index in [1.54, 1.807) is 0 Å². The zero-order valence-corrected chi connectivity index (χ0v) is 9.50. The molecule has 1 heterocycles. The predicted molar refractivity (Wildman–Crippen MR) is 63.0 cm³/mol. The molecular formula is C12H17NS.